The summed E-state index contributed by atoms with van der Waals surface area (Å²) in [5, 5.41) is 16.4. The first-order valence-electron chi connectivity index (χ1n) is 5.49. The molecule has 0 aromatic carbocycles. The van der Waals surface area contributed by atoms with Crippen molar-refractivity contribution in [2.75, 3.05) is 0 Å². The minimum absolute atomic E-state index is 0.0269. The fraction of sp³-hybridized carbons (Fsp3) is 0.250. The molecule has 0 unspecified atom stereocenters. The van der Waals surface area contributed by atoms with E-state index in [0.717, 1.165) is 11.3 Å². The van der Waals surface area contributed by atoms with Gasteiger partial charge in [0.15, 0.2) is 5.69 Å². The predicted octanol–water partition coefficient (Wildman–Crippen LogP) is 0.759. The molecule has 18 heavy (non-hydrogen) atoms. The molecule has 0 spiro atoms. The van der Waals surface area contributed by atoms with Gasteiger partial charge >= 0.3 is 0 Å². The zero-order chi connectivity index (χ0) is 13.1. The largest absolute Gasteiger partial charge is 0.505 e. The summed E-state index contributed by atoms with van der Waals surface area (Å²) in [5.74, 6) is -0.533. The number of hydrogen-bond acceptors (Lipinski definition) is 4. The molecule has 6 heteroatoms. The van der Waals surface area contributed by atoms with Crippen molar-refractivity contribution in [2.45, 2.75) is 13.5 Å². The minimum atomic E-state index is -0.406. The average Bonchev–Trinajstić information content (AvgIpc) is 2.65. The molecule has 94 valence electrons. The Morgan fingerprint density at radius 2 is 2.33 bits per heavy atom. The van der Waals surface area contributed by atoms with Gasteiger partial charge in [0.25, 0.3) is 5.91 Å². The van der Waals surface area contributed by atoms with Gasteiger partial charge in [-0.2, -0.15) is 5.10 Å². The molecule has 2 heterocycles. The quantitative estimate of drug-likeness (QED) is 0.837. The lowest BCUT2D eigenvalue weighted by atomic mass is 10.2. The number of aryl methyl sites for hydroxylation is 2. The molecule has 0 radical (unpaired) electrons. The lowest BCUT2D eigenvalue weighted by Crippen LogP contribution is -2.24. The van der Waals surface area contributed by atoms with E-state index in [1.165, 1.54) is 12.3 Å². The second-order valence-corrected chi connectivity index (χ2v) is 3.97. The molecular weight excluding hydrogens is 232 g/mol. The molecule has 2 N–H and O–H groups in total. The molecular formula is C12H14N4O2. The average molecular weight is 246 g/mol. The van der Waals surface area contributed by atoms with Gasteiger partial charge in [0.1, 0.15) is 5.75 Å². The lowest BCUT2D eigenvalue weighted by Gasteiger charge is -2.04. The third-order valence-corrected chi connectivity index (χ3v) is 2.56. The molecule has 2 aromatic rings. The van der Waals surface area contributed by atoms with Crippen LogP contribution in [0.4, 0.5) is 0 Å². The first-order valence-corrected chi connectivity index (χ1v) is 5.49. The molecule has 0 aliphatic heterocycles. The van der Waals surface area contributed by atoms with Crippen molar-refractivity contribution in [1.29, 1.82) is 0 Å². The number of nitrogens with one attached hydrogen (secondary N) is 1. The third kappa shape index (κ3) is 2.48. The third-order valence-electron chi connectivity index (χ3n) is 2.56. The Morgan fingerprint density at radius 1 is 1.56 bits per heavy atom. The molecule has 2 rings (SSSR count). The van der Waals surface area contributed by atoms with Crippen LogP contribution in [-0.4, -0.2) is 25.8 Å². The summed E-state index contributed by atoms with van der Waals surface area (Å²) in [6.07, 6.45) is 3.30. The van der Waals surface area contributed by atoms with Crippen molar-refractivity contribution in [1.82, 2.24) is 20.1 Å². The molecule has 1 amide bonds. The highest BCUT2D eigenvalue weighted by atomic mass is 16.3. The fourth-order valence-corrected chi connectivity index (χ4v) is 1.65. The second kappa shape index (κ2) is 4.87. The van der Waals surface area contributed by atoms with Crippen LogP contribution in [0.1, 0.15) is 21.7 Å². The fourth-order valence-electron chi connectivity index (χ4n) is 1.65. The van der Waals surface area contributed by atoms with Gasteiger partial charge in [-0.05, 0) is 19.1 Å². The Kier molecular flexibility index (Phi) is 3.27. The van der Waals surface area contributed by atoms with Crippen molar-refractivity contribution < 1.29 is 9.90 Å². The number of carbonyl (C=O) groups is 1. The molecule has 0 saturated carbocycles. The number of aromatic hydroxyl groups is 1. The van der Waals surface area contributed by atoms with Crippen molar-refractivity contribution in [2.24, 2.45) is 7.05 Å². The van der Waals surface area contributed by atoms with Gasteiger partial charge in [0.2, 0.25) is 0 Å². The Labute approximate surface area is 104 Å². The second-order valence-electron chi connectivity index (χ2n) is 3.97. The van der Waals surface area contributed by atoms with E-state index in [1.807, 2.05) is 20.2 Å². The normalized spacial score (nSPS) is 10.3. The number of hydrogen-bond donors (Lipinski definition) is 2. The topological polar surface area (TPSA) is 80.0 Å². The molecule has 2 aromatic heterocycles. The van der Waals surface area contributed by atoms with E-state index in [-0.39, 0.29) is 11.4 Å². The number of carbonyl (C=O) groups excluding carboxylic acids is 1. The number of nitrogens with zero attached hydrogens (tertiary/aromatic N) is 3. The van der Waals surface area contributed by atoms with Crippen LogP contribution < -0.4 is 5.32 Å². The van der Waals surface area contributed by atoms with Crippen LogP contribution in [0.3, 0.4) is 0 Å². The minimum Gasteiger partial charge on any atom is -0.505 e. The van der Waals surface area contributed by atoms with Gasteiger partial charge in [-0.15, -0.1) is 0 Å². The number of aromatic nitrogens is 3. The van der Waals surface area contributed by atoms with E-state index in [1.54, 1.807) is 10.7 Å². The summed E-state index contributed by atoms with van der Waals surface area (Å²) in [6, 6.07) is 2.99. The van der Waals surface area contributed by atoms with E-state index in [2.05, 4.69) is 15.4 Å². The van der Waals surface area contributed by atoms with Gasteiger partial charge in [0, 0.05) is 31.5 Å². The van der Waals surface area contributed by atoms with E-state index >= 15 is 0 Å². The molecule has 0 aliphatic carbocycles. The maximum absolute atomic E-state index is 11.8. The number of rotatable bonds is 3. The van der Waals surface area contributed by atoms with Gasteiger partial charge in [-0.25, -0.2) is 4.98 Å². The zero-order valence-corrected chi connectivity index (χ0v) is 10.2. The molecule has 6 nitrogen and oxygen atoms in total. The first-order chi connectivity index (χ1) is 8.58. The summed E-state index contributed by atoms with van der Waals surface area (Å²) in [7, 11) is 1.82. The van der Waals surface area contributed by atoms with E-state index < -0.39 is 5.91 Å². The van der Waals surface area contributed by atoms with Crippen molar-refractivity contribution in [3.05, 3.63) is 41.5 Å². The summed E-state index contributed by atoms with van der Waals surface area (Å²) >= 11 is 0. The SMILES string of the molecule is Cc1nn(C)cc1CNC(=O)c1ncccc1O. The summed E-state index contributed by atoms with van der Waals surface area (Å²) in [4.78, 5) is 15.6. The lowest BCUT2D eigenvalue weighted by molar-refractivity contribution is 0.0943. The Balaban J connectivity index is 2.05. The van der Waals surface area contributed by atoms with Crippen molar-refractivity contribution in [3.63, 3.8) is 0 Å². The van der Waals surface area contributed by atoms with E-state index in [0.29, 0.717) is 6.54 Å². The van der Waals surface area contributed by atoms with Gasteiger partial charge in [-0.3, -0.25) is 9.48 Å². The smallest absolute Gasteiger partial charge is 0.274 e. The molecule has 0 bridgehead atoms. The highest BCUT2D eigenvalue weighted by molar-refractivity contribution is 5.94. The predicted molar refractivity (Wildman–Crippen MR) is 65.0 cm³/mol. The Morgan fingerprint density at radius 3 is 2.94 bits per heavy atom. The van der Waals surface area contributed by atoms with Crippen LogP contribution in [0.5, 0.6) is 5.75 Å². The monoisotopic (exact) mass is 246 g/mol. The van der Waals surface area contributed by atoms with Gasteiger partial charge in [0.05, 0.1) is 5.69 Å². The summed E-state index contributed by atoms with van der Waals surface area (Å²) in [5.41, 5.74) is 1.82. The van der Waals surface area contributed by atoms with Crippen LogP contribution in [0.2, 0.25) is 0 Å². The maximum Gasteiger partial charge on any atom is 0.274 e. The van der Waals surface area contributed by atoms with Crippen molar-refractivity contribution in [3.8, 4) is 5.75 Å². The highest BCUT2D eigenvalue weighted by Crippen LogP contribution is 2.12. The van der Waals surface area contributed by atoms with Crippen LogP contribution in [0.25, 0.3) is 0 Å². The zero-order valence-electron chi connectivity index (χ0n) is 10.2. The standard InChI is InChI=1S/C12H14N4O2/c1-8-9(7-16(2)15-8)6-14-12(18)11-10(17)4-3-5-13-11/h3-5,7,17H,6H2,1-2H3,(H,14,18). The molecule has 0 aliphatic rings. The van der Waals surface area contributed by atoms with E-state index in [4.69, 9.17) is 0 Å². The Hall–Kier alpha value is -2.37. The number of pyridine rings is 1. The first kappa shape index (κ1) is 12.1. The summed E-state index contributed by atoms with van der Waals surface area (Å²) < 4.78 is 1.69. The van der Waals surface area contributed by atoms with Crippen LogP contribution in [0, 0.1) is 6.92 Å². The molecule has 0 saturated heterocycles. The molecule has 0 fully saturated rings. The van der Waals surface area contributed by atoms with Gasteiger partial charge < -0.3 is 10.4 Å². The summed E-state index contributed by atoms with van der Waals surface area (Å²) in [6.45, 7) is 2.23. The Bertz CT molecular complexity index is 577. The number of amides is 1. The van der Waals surface area contributed by atoms with Crippen molar-refractivity contribution >= 4 is 5.91 Å². The van der Waals surface area contributed by atoms with Crippen LogP contribution in [0.15, 0.2) is 24.5 Å². The van der Waals surface area contributed by atoms with E-state index in [9.17, 15) is 9.90 Å². The maximum atomic E-state index is 11.8. The van der Waals surface area contributed by atoms with Gasteiger partial charge in [-0.1, -0.05) is 0 Å². The van der Waals surface area contributed by atoms with Crippen LogP contribution in [-0.2, 0) is 13.6 Å². The van der Waals surface area contributed by atoms with Crippen LogP contribution >= 0.6 is 0 Å². The molecule has 0 atom stereocenters. The highest BCUT2D eigenvalue weighted by Gasteiger charge is 2.12.